The second-order valence-electron chi connectivity index (χ2n) is 9.49. The van der Waals surface area contributed by atoms with Crippen molar-refractivity contribution in [2.45, 2.75) is 12.8 Å². The molecule has 0 aromatic heterocycles. The lowest BCUT2D eigenvalue weighted by molar-refractivity contribution is -0.151. The summed E-state index contributed by atoms with van der Waals surface area (Å²) < 4.78 is 69.7. The molecule has 0 amide bonds. The first-order valence-corrected chi connectivity index (χ1v) is 17.6. The van der Waals surface area contributed by atoms with Crippen LogP contribution in [0.4, 0.5) is 0 Å². The number of esters is 1. The summed E-state index contributed by atoms with van der Waals surface area (Å²) in [6, 6.07) is 0. The summed E-state index contributed by atoms with van der Waals surface area (Å²) in [7, 11) is 0. The second-order valence-corrected chi connectivity index (χ2v) is 10.3. The van der Waals surface area contributed by atoms with E-state index in [2.05, 4.69) is 15.9 Å². The Labute approximate surface area is 297 Å². The van der Waals surface area contributed by atoms with Gasteiger partial charge in [0.2, 0.25) is 5.78 Å². The minimum absolute atomic E-state index is 0.0126. The van der Waals surface area contributed by atoms with Gasteiger partial charge in [0.05, 0.1) is 165 Å². The van der Waals surface area contributed by atoms with Gasteiger partial charge in [-0.25, -0.2) is 4.79 Å². The Kier molecular flexibility index (Phi) is 39.9. The average molecular weight is 782 g/mol. The predicted octanol–water partition coefficient (Wildman–Crippen LogP) is 0.558. The first kappa shape index (κ1) is 47.6. The minimum Gasteiger partial charge on any atom is -0.476 e. The minimum atomic E-state index is -1.56. The van der Waals surface area contributed by atoms with E-state index >= 15 is 0 Å². The maximum absolute atomic E-state index is 11.4. The number of hydrogen-bond acceptors (Lipinski definition) is 16. The molecule has 0 heterocycles. The Morgan fingerprint density at radius 3 is 0.796 bits per heavy atom. The molecule has 0 bridgehead atoms. The van der Waals surface area contributed by atoms with Crippen LogP contribution in [0.2, 0.25) is 0 Å². The number of alkyl halides is 1. The Morgan fingerprint density at radius 2 is 0.571 bits per heavy atom. The van der Waals surface area contributed by atoms with Gasteiger partial charge in [-0.3, -0.25) is 9.59 Å². The Bertz CT molecular complexity index is 734. The number of carboxylic acids is 1. The van der Waals surface area contributed by atoms with Crippen molar-refractivity contribution in [2.75, 3.05) is 171 Å². The molecule has 0 rings (SSSR count). The van der Waals surface area contributed by atoms with Crippen LogP contribution >= 0.6 is 15.9 Å². The van der Waals surface area contributed by atoms with Crippen LogP contribution in [0, 0.1) is 0 Å². The molecule has 0 aliphatic carbocycles. The van der Waals surface area contributed by atoms with Crippen molar-refractivity contribution in [3.05, 3.63) is 0 Å². The van der Waals surface area contributed by atoms with Crippen LogP contribution in [-0.4, -0.2) is 193 Å². The van der Waals surface area contributed by atoms with E-state index in [0.717, 1.165) is 5.33 Å². The van der Waals surface area contributed by atoms with E-state index in [9.17, 15) is 14.4 Å². The Balaban J connectivity index is 3.11. The highest BCUT2D eigenvalue weighted by molar-refractivity contribution is 9.09. The SMILES string of the molecule is O=C(CCC(=O)C(=O)O)OCCOCCOCCOCCOCCOCCOCCOCCOCCOCCOCCOCCOCCBr. The van der Waals surface area contributed by atoms with Gasteiger partial charge in [0.1, 0.15) is 6.61 Å². The van der Waals surface area contributed by atoms with Crippen LogP contribution < -0.4 is 0 Å². The van der Waals surface area contributed by atoms with Gasteiger partial charge >= 0.3 is 11.9 Å². The van der Waals surface area contributed by atoms with Crippen LogP contribution in [0.1, 0.15) is 12.8 Å². The molecule has 0 aliphatic rings. The molecular weight excluding hydrogens is 724 g/mol. The molecule has 17 nitrogen and oxygen atoms in total. The molecule has 0 saturated heterocycles. The number of carboxylic acid groups (broad SMARTS) is 1. The van der Waals surface area contributed by atoms with E-state index in [-0.39, 0.29) is 26.1 Å². The highest BCUT2D eigenvalue weighted by Crippen LogP contribution is 1.95. The van der Waals surface area contributed by atoms with Crippen LogP contribution in [0.15, 0.2) is 0 Å². The zero-order valence-electron chi connectivity index (χ0n) is 28.7. The maximum atomic E-state index is 11.4. The standard InChI is InChI=1S/C31H57BrO17/c32-3-4-37-5-6-38-7-8-39-9-10-40-11-12-41-13-14-42-15-16-43-17-18-44-19-20-45-21-22-46-23-24-47-25-26-48-27-28-49-30(34)2-1-29(33)31(35)36/h1-28H2,(H,35,36). The Morgan fingerprint density at radius 1 is 0.347 bits per heavy atom. The van der Waals surface area contributed by atoms with Gasteiger partial charge < -0.3 is 66.7 Å². The van der Waals surface area contributed by atoms with Gasteiger partial charge in [-0.15, -0.1) is 0 Å². The quantitative estimate of drug-likeness (QED) is 0.0391. The van der Waals surface area contributed by atoms with Crippen LogP contribution in [0.5, 0.6) is 0 Å². The smallest absolute Gasteiger partial charge is 0.372 e. The first-order chi connectivity index (χ1) is 24.1. The topological polar surface area (TPSA) is 191 Å². The number of carbonyl (C=O) groups excluding carboxylic acids is 2. The number of halogens is 1. The lowest BCUT2D eigenvalue weighted by Crippen LogP contribution is -2.17. The first-order valence-electron chi connectivity index (χ1n) is 16.5. The molecule has 0 unspecified atom stereocenters. The zero-order chi connectivity index (χ0) is 35.7. The molecule has 49 heavy (non-hydrogen) atoms. The molecule has 0 saturated carbocycles. The monoisotopic (exact) mass is 780 g/mol. The van der Waals surface area contributed by atoms with Crippen LogP contribution in [0.25, 0.3) is 0 Å². The van der Waals surface area contributed by atoms with Crippen molar-refractivity contribution in [1.82, 2.24) is 0 Å². The molecule has 18 heteroatoms. The van der Waals surface area contributed by atoms with E-state index in [1.165, 1.54) is 0 Å². The molecule has 0 radical (unpaired) electrons. The molecule has 0 atom stereocenters. The van der Waals surface area contributed by atoms with Crippen LogP contribution in [-0.2, 0) is 76.0 Å². The number of carbonyl (C=O) groups is 3. The van der Waals surface area contributed by atoms with Gasteiger partial charge in [0, 0.05) is 11.8 Å². The predicted molar refractivity (Wildman–Crippen MR) is 176 cm³/mol. The lowest BCUT2D eigenvalue weighted by atomic mass is 10.2. The number of ketones is 1. The fourth-order valence-corrected chi connectivity index (χ4v) is 3.41. The van der Waals surface area contributed by atoms with Gasteiger partial charge in [0.15, 0.2) is 0 Å². The number of rotatable bonds is 42. The van der Waals surface area contributed by atoms with Crippen LogP contribution in [0.3, 0.4) is 0 Å². The molecule has 0 spiro atoms. The summed E-state index contributed by atoms with van der Waals surface area (Å²) in [6.07, 6.45) is -0.662. The van der Waals surface area contributed by atoms with Crippen molar-refractivity contribution in [3.63, 3.8) is 0 Å². The molecular formula is C31H57BrO17. The van der Waals surface area contributed by atoms with Crippen molar-refractivity contribution in [1.29, 1.82) is 0 Å². The molecule has 290 valence electrons. The number of aliphatic carboxylic acids is 1. The zero-order valence-corrected chi connectivity index (χ0v) is 30.2. The summed E-state index contributed by atoms with van der Waals surface area (Å²) in [5.41, 5.74) is 0. The van der Waals surface area contributed by atoms with E-state index in [1.807, 2.05) is 0 Å². The summed E-state index contributed by atoms with van der Waals surface area (Å²) >= 11 is 3.29. The van der Waals surface area contributed by atoms with Gasteiger partial charge in [-0.05, 0) is 0 Å². The summed E-state index contributed by atoms with van der Waals surface area (Å²) in [5.74, 6) is -3.24. The van der Waals surface area contributed by atoms with Gasteiger partial charge in [-0.1, -0.05) is 15.9 Å². The normalized spacial score (nSPS) is 11.3. The fourth-order valence-electron chi connectivity index (χ4n) is 3.18. The van der Waals surface area contributed by atoms with Gasteiger partial charge in [-0.2, -0.15) is 0 Å². The lowest BCUT2D eigenvalue weighted by Gasteiger charge is -2.09. The fraction of sp³-hybridized carbons (Fsp3) is 0.903. The van der Waals surface area contributed by atoms with E-state index in [0.29, 0.717) is 152 Å². The second kappa shape index (κ2) is 41.0. The van der Waals surface area contributed by atoms with Crippen molar-refractivity contribution in [3.8, 4) is 0 Å². The molecule has 0 aromatic carbocycles. The largest absolute Gasteiger partial charge is 0.476 e. The van der Waals surface area contributed by atoms with E-state index in [1.54, 1.807) is 0 Å². The number of Topliss-reactive ketones (excluding diaryl/α,β-unsaturated/α-hetero) is 1. The number of ether oxygens (including phenoxy) is 13. The highest BCUT2D eigenvalue weighted by atomic mass is 79.9. The Hall–Kier alpha value is -1.39. The summed E-state index contributed by atoms with van der Waals surface area (Å²) in [6.45, 7) is 11.3. The van der Waals surface area contributed by atoms with Crippen molar-refractivity contribution >= 4 is 33.7 Å². The molecule has 0 aromatic rings. The van der Waals surface area contributed by atoms with Crippen molar-refractivity contribution < 1.29 is 81.1 Å². The third kappa shape index (κ3) is 40.9. The maximum Gasteiger partial charge on any atom is 0.372 e. The average Bonchev–Trinajstić information content (AvgIpc) is 3.10. The molecule has 0 fully saturated rings. The van der Waals surface area contributed by atoms with Crippen molar-refractivity contribution in [2.24, 2.45) is 0 Å². The third-order valence-corrected chi connectivity index (χ3v) is 5.92. The van der Waals surface area contributed by atoms with E-state index in [4.69, 9.17) is 66.7 Å². The summed E-state index contributed by atoms with van der Waals surface area (Å²) in [4.78, 5) is 32.6. The number of hydrogen-bond donors (Lipinski definition) is 1. The third-order valence-electron chi connectivity index (χ3n) is 5.60. The van der Waals surface area contributed by atoms with Gasteiger partial charge in [0.25, 0.3) is 0 Å². The highest BCUT2D eigenvalue weighted by Gasteiger charge is 2.14. The molecule has 0 aliphatic heterocycles. The van der Waals surface area contributed by atoms with E-state index < -0.39 is 17.7 Å². The molecule has 1 N–H and O–H groups in total. The summed E-state index contributed by atoms with van der Waals surface area (Å²) in [5, 5.41) is 9.27.